The van der Waals surface area contributed by atoms with Gasteiger partial charge in [0.2, 0.25) is 11.8 Å². The van der Waals surface area contributed by atoms with E-state index in [1.165, 1.54) is 0 Å². The van der Waals surface area contributed by atoms with Gasteiger partial charge in [-0.3, -0.25) is 0 Å². The molecule has 92 valence electrons. The Hall–Kier alpha value is -2.37. The van der Waals surface area contributed by atoms with Gasteiger partial charge < -0.3 is 14.8 Å². The fraction of sp³-hybridized carbons (Fsp3) is 0.250. The van der Waals surface area contributed by atoms with Crippen LogP contribution in [0, 0.1) is 13.8 Å². The summed E-state index contributed by atoms with van der Waals surface area (Å²) < 4.78 is 6.86. The summed E-state index contributed by atoms with van der Waals surface area (Å²) in [7, 11) is 0. The van der Waals surface area contributed by atoms with Gasteiger partial charge in [-0.05, 0) is 18.6 Å². The van der Waals surface area contributed by atoms with Crippen molar-refractivity contribution in [2.24, 2.45) is 0 Å². The molecule has 0 fully saturated rings. The van der Waals surface area contributed by atoms with Gasteiger partial charge in [-0.1, -0.05) is 17.3 Å². The summed E-state index contributed by atoms with van der Waals surface area (Å²) >= 11 is 0. The molecule has 3 aromatic rings. The second kappa shape index (κ2) is 3.83. The number of anilines is 1. The molecule has 18 heavy (non-hydrogen) atoms. The molecular weight excluding hydrogens is 230 g/mol. The van der Waals surface area contributed by atoms with Crippen LogP contribution in [-0.4, -0.2) is 19.7 Å². The second-order valence-electron chi connectivity index (χ2n) is 4.23. The summed E-state index contributed by atoms with van der Waals surface area (Å²) in [5.74, 6) is 1.60. The Morgan fingerprint density at radius 2 is 2.11 bits per heavy atom. The molecule has 0 spiro atoms. The standard InChI is InChI=1S/C12H13N5O/c1-7-4-3-5-9-11(7)17(12(13)15-9)6-10-14-8(2)18-16-10/h3-5H,6H2,1-2H3,(H2,13,15). The minimum Gasteiger partial charge on any atom is -0.369 e. The lowest BCUT2D eigenvalue weighted by molar-refractivity contribution is 0.386. The molecule has 6 heteroatoms. The second-order valence-corrected chi connectivity index (χ2v) is 4.23. The fourth-order valence-corrected chi connectivity index (χ4v) is 2.09. The smallest absolute Gasteiger partial charge is 0.223 e. The number of hydrogen-bond acceptors (Lipinski definition) is 5. The van der Waals surface area contributed by atoms with Crippen molar-refractivity contribution in [3.8, 4) is 0 Å². The van der Waals surface area contributed by atoms with Crippen molar-refractivity contribution < 1.29 is 4.52 Å². The Kier molecular flexibility index (Phi) is 2.29. The molecule has 0 bridgehead atoms. The van der Waals surface area contributed by atoms with Crippen molar-refractivity contribution in [3.05, 3.63) is 35.5 Å². The topological polar surface area (TPSA) is 82.8 Å². The van der Waals surface area contributed by atoms with Crippen LogP contribution in [0.1, 0.15) is 17.3 Å². The molecule has 0 aliphatic heterocycles. The average molecular weight is 243 g/mol. The molecule has 1 aromatic carbocycles. The first kappa shape index (κ1) is 10.8. The van der Waals surface area contributed by atoms with Crippen LogP contribution in [0.25, 0.3) is 11.0 Å². The van der Waals surface area contributed by atoms with E-state index in [0.29, 0.717) is 24.2 Å². The van der Waals surface area contributed by atoms with E-state index >= 15 is 0 Å². The maximum Gasteiger partial charge on any atom is 0.223 e. The van der Waals surface area contributed by atoms with Crippen LogP contribution < -0.4 is 5.73 Å². The zero-order valence-electron chi connectivity index (χ0n) is 10.2. The Morgan fingerprint density at radius 3 is 2.83 bits per heavy atom. The summed E-state index contributed by atoms with van der Waals surface area (Å²) in [4.78, 5) is 8.51. The number of para-hydroxylation sites is 1. The molecule has 0 saturated heterocycles. The van der Waals surface area contributed by atoms with E-state index in [1.807, 2.05) is 29.7 Å². The molecule has 0 aliphatic rings. The van der Waals surface area contributed by atoms with Crippen LogP contribution in [0.4, 0.5) is 5.95 Å². The van der Waals surface area contributed by atoms with Gasteiger partial charge >= 0.3 is 0 Å². The minimum atomic E-state index is 0.460. The predicted molar refractivity (Wildman–Crippen MR) is 67.0 cm³/mol. The van der Waals surface area contributed by atoms with Gasteiger partial charge in [-0.15, -0.1) is 0 Å². The predicted octanol–water partition coefficient (Wildman–Crippen LogP) is 1.67. The third-order valence-electron chi connectivity index (χ3n) is 2.87. The number of aromatic nitrogens is 4. The van der Waals surface area contributed by atoms with Crippen molar-refractivity contribution >= 4 is 17.0 Å². The van der Waals surface area contributed by atoms with Crippen LogP contribution in [-0.2, 0) is 6.54 Å². The number of nitrogens with two attached hydrogens (primary N) is 1. The highest BCUT2D eigenvalue weighted by atomic mass is 16.5. The molecule has 0 radical (unpaired) electrons. The van der Waals surface area contributed by atoms with Gasteiger partial charge in [0.1, 0.15) is 0 Å². The first-order chi connectivity index (χ1) is 8.65. The highest BCUT2D eigenvalue weighted by molar-refractivity contribution is 5.81. The number of rotatable bonds is 2. The van der Waals surface area contributed by atoms with E-state index in [2.05, 4.69) is 15.1 Å². The molecule has 0 amide bonds. The molecule has 0 aliphatic carbocycles. The van der Waals surface area contributed by atoms with Gasteiger partial charge in [0, 0.05) is 6.92 Å². The first-order valence-corrected chi connectivity index (χ1v) is 5.65. The number of benzene rings is 1. The van der Waals surface area contributed by atoms with Crippen LogP contribution in [0.2, 0.25) is 0 Å². The lowest BCUT2D eigenvalue weighted by Gasteiger charge is -2.04. The van der Waals surface area contributed by atoms with Crippen molar-refractivity contribution in [2.75, 3.05) is 5.73 Å². The van der Waals surface area contributed by atoms with E-state index in [9.17, 15) is 0 Å². The molecule has 0 saturated carbocycles. The lowest BCUT2D eigenvalue weighted by atomic mass is 10.2. The van der Waals surface area contributed by atoms with Gasteiger partial charge in [0.25, 0.3) is 0 Å². The summed E-state index contributed by atoms with van der Waals surface area (Å²) in [5.41, 5.74) is 8.96. The van der Waals surface area contributed by atoms with Gasteiger partial charge in [-0.25, -0.2) is 4.98 Å². The molecular formula is C12H13N5O. The number of nitrogens with zero attached hydrogens (tertiary/aromatic N) is 4. The number of fused-ring (bicyclic) bond motifs is 1. The third-order valence-corrected chi connectivity index (χ3v) is 2.87. The molecule has 3 rings (SSSR count). The minimum absolute atomic E-state index is 0.460. The summed E-state index contributed by atoms with van der Waals surface area (Å²) in [6.45, 7) is 4.25. The van der Waals surface area contributed by atoms with E-state index in [4.69, 9.17) is 10.3 Å². The van der Waals surface area contributed by atoms with Crippen LogP contribution in [0.15, 0.2) is 22.7 Å². The number of aryl methyl sites for hydroxylation is 2. The largest absolute Gasteiger partial charge is 0.369 e. The molecule has 0 atom stereocenters. The SMILES string of the molecule is Cc1nc(Cn2c(N)nc3cccc(C)c32)no1. The molecule has 2 heterocycles. The Balaban J connectivity index is 2.13. The maximum atomic E-state index is 5.94. The highest BCUT2D eigenvalue weighted by Gasteiger charge is 2.12. The van der Waals surface area contributed by atoms with Gasteiger partial charge in [0.15, 0.2) is 5.82 Å². The van der Waals surface area contributed by atoms with Crippen LogP contribution >= 0.6 is 0 Å². The Bertz CT molecular complexity index is 712. The average Bonchev–Trinajstić information content (AvgIpc) is 2.85. The van der Waals surface area contributed by atoms with Crippen molar-refractivity contribution in [1.82, 2.24) is 19.7 Å². The van der Waals surface area contributed by atoms with E-state index < -0.39 is 0 Å². The zero-order valence-corrected chi connectivity index (χ0v) is 10.2. The lowest BCUT2D eigenvalue weighted by Crippen LogP contribution is -2.06. The fourth-order valence-electron chi connectivity index (χ4n) is 2.09. The monoisotopic (exact) mass is 243 g/mol. The van der Waals surface area contributed by atoms with Crippen molar-refractivity contribution in [3.63, 3.8) is 0 Å². The van der Waals surface area contributed by atoms with E-state index in [1.54, 1.807) is 6.92 Å². The summed E-state index contributed by atoms with van der Waals surface area (Å²) in [6, 6.07) is 5.94. The molecule has 0 unspecified atom stereocenters. The summed E-state index contributed by atoms with van der Waals surface area (Å²) in [5, 5.41) is 3.88. The number of imidazole rings is 1. The van der Waals surface area contributed by atoms with Crippen molar-refractivity contribution in [1.29, 1.82) is 0 Å². The van der Waals surface area contributed by atoms with E-state index in [-0.39, 0.29) is 0 Å². The van der Waals surface area contributed by atoms with Crippen LogP contribution in [0.3, 0.4) is 0 Å². The molecule has 2 N–H and O–H groups in total. The summed E-state index contributed by atoms with van der Waals surface area (Å²) in [6.07, 6.45) is 0. The first-order valence-electron chi connectivity index (χ1n) is 5.65. The van der Waals surface area contributed by atoms with Crippen LogP contribution in [0.5, 0.6) is 0 Å². The quantitative estimate of drug-likeness (QED) is 0.740. The Labute approximate surface area is 103 Å². The van der Waals surface area contributed by atoms with Gasteiger partial charge in [-0.2, -0.15) is 4.98 Å². The maximum absolute atomic E-state index is 5.94. The number of nitrogen functional groups attached to an aromatic ring is 1. The Morgan fingerprint density at radius 1 is 1.28 bits per heavy atom. The molecule has 2 aromatic heterocycles. The van der Waals surface area contributed by atoms with E-state index in [0.717, 1.165) is 16.6 Å². The van der Waals surface area contributed by atoms with Gasteiger partial charge in [0.05, 0.1) is 17.6 Å². The molecule has 6 nitrogen and oxygen atoms in total. The normalized spacial score (nSPS) is 11.2. The van der Waals surface area contributed by atoms with Crippen molar-refractivity contribution in [2.45, 2.75) is 20.4 Å². The highest BCUT2D eigenvalue weighted by Crippen LogP contribution is 2.21. The zero-order chi connectivity index (χ0) is 12.7. The number of hydrogen-bond donors (Lipinski definition) is 1. The third kappa shape index (κ3) is 1.62.